The standard InChI is InChI=1S/C13H17ClN2/c1-3-16(9-11(2)8-15)10-12-5-4-6-13(14)7-12/h4-7,11H,3,9-10H2,1-2H3. The monoisotopic (exact) mass is 236 g/mol. The molecule has 0 aliphatic carbocycles. The minimum atomic E-state index is 0.0686. The van der Waals surface area contributed by atoms with Crippen molar-refractivity contribution in [3.05, 3.63) is 34.9 Å². The van der Waals surface area contributed by atoms with E-state index in [9.17, 15) is 0 Å². The lowest BCUT2D eigenvalue weighted by atomic mass is 10.1. The van der Waals surface area contributed by atoms with Gasteiger partial charge in [-0.1, -0.05) is 30.7 Å². The van der Waals surface area contributed by atoms with E-state index in [-0.39, 0.29) is 5.92 Å². The molecule has 1 atom stereocenters. The van der Waals surface area contributed by atoms with Crippen molar-refractivity contribution in [2.24, 2.45) is 5.92 Å². The number of benzene rings is 1. The molecule has 0 N–H and O–H groups in total. The SMILES string of the molecule is CCN(Cc1cccc(Cl)c1)CC(C)C#N. The van der Waals surface area contributed by atoms with Crippen LogP contribution in [0.3, 0.4) is 0 Å². The normalized spacial score (nSPS) is 12.4. The topological polar surface area (TPSA) is 27.0 Å². The lowest BCUT2D eigenvalue weighted by Gasteiger charge is -2.21. The third-order valence-electron chi connectivity index (χ3n) is 2.49. The van der Waals surface area contributed by atoms with Gasteiger partial charge in [0, 0.05) is 18.1 Å². The van der Waals surface area contributed by atoms with E-state index in [4.69, 9.17) is 16.9 Å². The van der Waals surface area contributed by atoms with E-state index in [1.54, 1.807) is 0 Å². The van der Waals surface area contributed by atoms with E-state index in [1.165, 1.54) is 5.56 Å². The Hall–Kier alpha value is -1.04. The smallest absolute Gasteiger partial charge is 0.0666 e. The molecule has 2 nitrogen and oxygen atoms in total. The summed E-state index contributed by atoms with van der Waals surface area (Å²) in [6.45, 7) is 6.65. The average Bonchev–Trinajstić information content (AvgIpc) is 2.28. The minimum absolute atomic E-state index is 0.0686. The summed E-state index contributed by atoms with van der Waals surface area (Å²) >= 11 is 5.93. The lowest BCUT2D eigenvalue weighted by molar-refractivity contribution is 0.260. The highest BCUT2D eigenvalue weighted by atomic mass is 35.5. The Morgan fingerprint density at radius 2 is 2.25 bits per heavy atom. The molecule has 0 radical (unpaired) electrons. The van der Waals surface area contributed by atoms with Crippen molar-refractivity contribution < 1.29 is 0 Å². The van der Waals surface area contributed by atoms with Crippen LogP contribution in [-0.2, 0) is 6.54 Å². The van der Waals surface area contributed by atoms with Crippen molar-refractivity contribution in [1.29, 1.82) is 5.26 Å². The zero-order valence-corrected chi connectivity index (χ0v) is 10.5. The zero-order chi connectivity index (χ0) is 12.0. The molecule has 86 valence electrons. The molecule has 0 bridgehead atoms. The Balaban J connectivity index is 2.60. The average molecular weight is 237 g/mol. The van der Waals surface area contributed by atoms with Gasteiger partial charge >= 0.3 is 0 Å². The number of hydrogen-bond acceptors (Lipinski definition) is 2. The lowest BCUT2D eigenvalue weighted by Crippen LogP contribution is -2.27. The van der Waals surface area contributed by atoms with Gasteiger partial charge in [0.05, 0.1) is 12.0 Å². The van der Waals surface area contributed by atoms with Crippen LogP contribution in [0.25, 0.3) is 0 Å². The highest BCUT2D eigenvalue weighted by Crippen LogP contribution is 2.13. The maximum Gasteiger partial charge on any atom is 0.0666 e. The molecule has 0 amide bonds. The second kappa shape index (κ2) is 6.52. The van der Waals surface area contributed by atoms with Gasteiger partial charge in [-0.25, -0.2) is 0 Å². The minimum Gasteiger partial charge on any atom is -0.298 e. The fourth-order valence-corrected chi connectivity index (χ4v) is 1.84. The molecule has 16 heavy (non-hydrogen) atoms. The van der Waals surface area contributed by atoms with E-state index in [0.717, 1.165) is 24.7 Å². The number of hydrogen-bond donors (Lipinski definition) is 0. The highest BCUT2D eigenvalue weighted by molar-refractivity contribution is 6.30. The molecule has 0 fully saturated rings. The number of nitrogens with zero attached hydrogens (tertiary/aromatic N) is 2. The second-order valence-electron chi connectivity index (χ2n) is 3.99. The van der Waals surface area contributed by atoms with Crippen molar-refractivity contribution >= 4 is 11.6 Å². The maximum atomic E-state index is 8.79. The molecule has 0 aliphatic heterocycles. The molecule has 1 aromatic carbocycles. The summed E-state index contributed by atoms with van der Waals surface area (Å²) in [6.07, 6.45) is 0. The van der Waals surface area contributed by atoms with Gasteiger partial charge in [-0.3, -0.25) is 4.90 Å². The molecule has 0 spiro atoms. The van der Waals surface area contributed by atoms with Gasteiger partial charge in [-0.2, -0.15) is 5.26 Å². The first kappa shape index (κ1) is 13.0. The third kappa shape index (κ3) is 4.22. The van der Waals surface area contributed by atoms with E-state index >= 15 is 0 Å². The van der Waals surface area contributed by atoms with E-state index in [0.29, 0.717) is 0 Å². The van der Waals surface area contributed by atoms with Gasteiger partial charge in [0.15, 0.2) is 0 Å². The number of rotatable bonds is 5. The predicted octanol–water partition coefficient (Wildman–Crippen LogP) is 3.32. The number of nitriles is 1. The van der Waals surface area contributed by atoms with Crippen LogP contribution < -0.4 is 0 Å². The summed E-state index contributed by atoms with van der Waals surface area (Å²) in [6, 6.07) is 10.1. The van der Waals surface area contributed by atoms with Crippen molar-refractivity contribution in [1.82, 2.24) is 4.90 Å². The molecule has 0 aliphatic rings. The van der Waals surface area contributed by atoms with Gasteiger partial charge in [0.25, 0.3) is 0 Å². The molecular weight excluding hydrogens is 220 g/mol. The first-order chi connectivity index (χ1) is 7.65. The van der Waals surface area contributed by atoms with Crippen LogP contribution in [-0.4, -0.2) is 18.0 Å². The van der Waals surface area contributed by atoms with Gasteiger partial charge in [0.1, 0.15) is 0 Å². The first-order valence-electron chi connectivity index (χ1n) is 5.52. The predicted molar refractivity (Wildman–Crippen MR) is 67.2 cm³/mol. The van der Waals surface area contributed by atoms with Gasteiger partial charge in [0.2, 0.25) is 0 Å². The van der Waals surface area contributed by atoms with Gasteiger partial charge < -0.3 is 0 Å². The zero-order valence-electron chi connectivity index (χ0n) is 9.78. The van der Waals surface area contributed by atoms with Crippen LogP contribution in [0.5, 0.6) is 0 Å². The third-order valence-corrected chi connectivity index (χ3v) is 2.73. The first-order valence-corrected chi connectivity index (χ1v) is 5.90. The molecular formula is C13H17ClN2. The maximum absolute atomic E-state index is 8.79. The summed E-state index contributed by atoms with van der Waals surface area (Å²) in [5, 5.41) is 9.56. The Labute approximate surface area is 102 Å². The molecule has 1 unspecified atom stereocenters. The molecule has 0 heterocycles. The molecule has 0 saturated heterocycles. The van der Waals surface area contributed by atoms with Crippen LogP contribution in [0.4, 0.5) is 0 Å². The molecule has 0 saturated carbocycles. The van der Waals surface area contributed by atoms with Gasteiger partial charge in [-0.15, -0.1) is 0 Å². The summed E-state index contributed by atoms with van der Waals surface area (Å²) < 4.78 is 0. The quantitative estimate of drug-likeness (QED) is 0.784. The van der Waals surface area contributed by atoms with E-state index in [2.05, 4.69) is 24.0 Å². The second-order valence-corrected chi connectivity index (χ2v) is 4.42. The Kier molecular flexibility index (Phi) is 5.31. The Morgan fingerprint density at radius 1 is 1.50 bits per heavy atom. The van der Waals surface area contributed by atoms with Crippen LogP contribution in [0.1, 0.15) is 19.4 Å². The van der Waals surface area contributed by atoms with Crippen molar-refractivity contribution in [2.45, 2.75) is 20.4 Å². The van der Waals surface area contributed by atoms with Crippen molar-refractivity contribution in [3.8, 4) is 6.07 Å². The van der Waals surface area contributed by atoms with Crippen LogP contribution in [0.15, 0.2) is 24.3 Å². The van der Waals surface area contributed by atoms with E-state index < -0.39 is 0 Å². The molecule has 1 rings (SSSR count). The van der Waals surface area contributed by atoms with Crippen molar-refractivity contribution in [2.75, 3.05) is 13.1 Å². The highest BCUT2D eigenvalue weighted by Gasteiger charge is 2.08. The van der Waals surface area contributed by atoms with Crippen LogP contribution in [0, 0.1) is 17.2 Å². The summed E-state index contributed by atoms with van der Waals surface area (Å²) in [7, 11) is 0. The molecule has 3 heteroatoms. The fraction of sp³-hybridized carbons (Fsp3) is 0.462. The Bertz CT molecular complexity index is 370. The fourth-order valence-electron chi connectivity index (χ4n) is 1.63. The molecule has 1 aromatic rings. The summed E-state index contributed by atoms with van der Waals surface area (Å²) in [5.74, 6) is 0.0686. The Morgan fingerprint density at radius 3 is 2.81 bits per heavy atom. The van der Waals surface area contributed by atoms with Crippen molar-refractivity contribution in [3.63, 3.8) is 0 Å². The van der Waals surface area contributed by atoms with E-state index in [1.807, 2.05) is 25.1 Å². The largest absolute Gasteiger partial charge is 0.298 e. The van der Waals surface area contributed by atoms with Gasteiger partial charge in [-0.05, 0) is 31.2 Å². The summed E-state index contributed by atoms with van der Waals surface area (Å²) in [5.41, 5.74) is 1.19. The molecule has 0 aromatic heterocycles. The number of halogens is 1. The van der Waals surface area contributed by atoms with Crippen LogP contribution >= 0.6 is 11.6 Å². The van der Waals surface area contributed by atoms with Crippen LogP contribution in [0.2, 0.25) is 5.02 Å². The summed E-state index contributed by atoms with van der Waals surface area (Å²) in [4.78, 5) is 2.25.